The quantitative estimate of drug-likeness (QED) is 0.691. The van der Waals surface area contributed by atoms with Crippen LogP contribution in [0.3, 0.4) is 0 Å². The summed E-state index contributed by atoms with van der Waals surface area (Å²) in [6.07, 6.45) is -6.98. The summed E-state index contributed by atoms with van der Waals surface area (Å²) in [5.41, 5.74) is 0. The fourth-order valence-electron chi connectivity index (χ4n) is 1.42. The monoisotopic (exact) mass is 229 g/mol. The van der Waals surface area contributed by atoms with Crippen LogP contribution in [0.25, 0.3) is 0 Å². The molecule has 2 unspecified atom stereocenters. The fraction of sp³-hybridized carbons (Fsp3) is 1.00. The molecule has 1 saturated heterocycles. The Hall–Kier alpha value is -0.370. The van der Waals surface area contributed by atoms with E-state index in [0.29, 0.717) is 13.2 Å². The van der Waals surface area contributed by atoms with E-state index >= 15 is 0 Å². The molecule has 0 spiro atoms. The lowest BCUT2D eigenvalue weighted by molar-refractivity contribution is -0.212. The summed E-state index contributed by atoms with van der Waals surface area (Å²) in [7, 11) is 0. The van der Waals surface area contributed by atoms with Crippen molar-refractivity contribution in [2.24, 2.45) is 0 Å². The zero-order chi connectivity index (χ0) is 11.5. The van der Waals surface area contributed by atoms with Gasteiger partial charge in [-0.2, -0.15) is 13.2 Å². The van der Waals surface area contributed by atoms with Crippen LogP contribution in [0.5, 0.6) is 0 Å². The van der Waals surface area contributed by atoms with Crippen LogP contribution >= 0.6 is 0 Å². The van der Waals surface area contributed by atoms with Crippen LogP contribution in [0, 0.1) is 0 Å². The smallest absolute Gasteiger partial charge is 0.395 e. The van der Waals surface area contributed by atoms with E-state index in [0.717, 1.165) is 0 Å². The SMILES string of the molecule is OCC1COCCN1CC(O)C(F)(F)F. The number of alkyl halides is 3. The second-order valence-electron chi connectivity index (χ2n) is 3.46. The minimum atomic E-state index is -4.61. The fourth-order valence-corrected chi connectivity index (χ4v) is 1.42. The first-order valence-corrected chi connectivity index (χ1v) is 4.62. The molecule has 0 aliphatic carbocycles. The Morgan fingerprint density at radius 1 is 1.47 bits per heavy atom. The third-order valence-electron chi connectivity index (χ3n) is 2.35. The number of morpholine rings is 1. The number of nitrogens with zero attached hydrogens (tertiary/aromatic N) is 1. The largest absolute Gasteiger partial charge is 0.415 e. The van der Waals surface area contributed by atoms with Gasteiger partial charge in [-0.3, -0.25) is 4.90 Å². The van der Waals surface area contributed by atoms with Crippen molar-refractivity contribution in [3.63, 3.8) is 0 Å². The molecule has 0 amide bonds. The standard InChI is InChI=1S/C8H14F3NO3/c9-8(10,11)7(14)3-12-1-2-15-5-6(12)4-13/h6-7,13-14H,1-5H2. The first-order valence-electron chi connectivity index (χ1n) is 4.62. The number of β-amino-alcohol motifs (C(OH)–C–C–N with tert-alkyl or cyclic N) is 1. The van der Waals surface area contributed by atoms with Gasteiger partial charge in [-0.15, -0.1) is 0 Å². The van der Waals surface area contributed by atoms with Crippen LogP contribution in [-0.4, -0.2) is 66.3 Å². The number of rotatable bonds is 3. The Kier molecular flexibility index (Phi) is 4.32. The summed E-state index contributed by atoms with van der Waals surface area (Å²) >= 11 is 0. The third kappa shape index (κ3) is 3.60. The molecule has 0 aromatic carbocycles. The minimum Gasteiger partial charge on any atom is -0.395 e. The Balaban J connectivity index is 2.48. The summed E-state index contributed by atoms with van der Waals surface area (Å²) in [4.78, 5) is 1.39. The van der Waals surface area contributed by atoms with Crippen LogP contribution in [0.15, 0.2) is 0 Å². The van der Waals surface area contributed by atoms with Gasteiger partial charge in [0.05, 0.1) is 25.9 Å². The highest BCUT2D eigenvalue weighted by Gasteiger charge is 2.40. The molecule has 1 rings (SSSR count). The van der Waals surface area contributed by atoms with E-state index in [1.807, 2.05) is 0 Å². The van der Waals surface area contributed by atoms with Crippen molar-refractivity contribution in [1.29, 1.82) is 0 Å². The highest BCUT2D eigenvalue weighted by atomic mass is 19.4. The molecule has 1 heterocycles. The van der Waals surface area contributed by atoms with Gasteiger partial charge in [0.1, 0.15) is 0 Å². The zero-order valence-corrected chi connectivity index (χ0v) is 8.07. The number of hydrogen-bond donors (Lipinski definition) is 2. The van der Waals surface area contributed by atoms with Crippen molar-refractivity contribution < 1.29 is 28.1 Å². The van der Waals surface area contributed by atoms with Crippen LogP contribution in [0.4, 0.5) is 13.2 Å². The average molecular weight is 229 g/mol. The predicted molar refractivity (Wildman–Crippen MR) is 45.3 cm³/mol. The molecule has 90 valence electrons. The lowest BCUT2D eigenvalue weighted by Gasteiger charge is -2.35. The molecule has 1 aliphatic heterocycles. The minimum absolute atomic E-state index is 0.196. The predicted octanol–water partition coefficient (Wildman–Crippen LogP) is -0.397. The van der Waals surface area contributed by atoms with E-state index in [1.165, 1.54) is 4.90 Å². The molecule has 0 radical (unpaired) electrons. The Morgan fingerprint density at radius 2 is 2.13 bits per heavy atom. The van der Waals surface area contributed by atoms with Crippen molar-refractivity contribution in [2.45, 2.75) is 18.3 Å². The number of ether oxygens (including phenoxy) is 1. The first-order chi connectivity index (χ1) is 6.95. The summed E-state index contributed by atoms with van der Waals surface area (Å²) in [6, 6.07) is -0.462. The van der Waals surface area contributed by atoms with Gasteiger partial charge in [-0.05, 0) is 0 Å². The number of hydrogen-bond acceptors (Lipinski definition) is 4. The Labute approximate surface area is 85.2 Å². The van der Waals surface area contributed by atoms with Crippen molar-refractivity contribution >= 4 is 0 Å². The Bertz CT molecular complexity index is 200. The molecule has 4 nitrogen and oxygen atoms in total. The first kappa shape index (κ1) is 12.7. The molecule has 0 aromatic heterocycles. The number of aliphatic hydroxyl groups is 2. The van der Waals surface area contributed by atoms with Crippen LogP contribution < -0.4 is 0 Å². The van der Waals surface area contributed by atoms with E-state index in [4.69, 9.17) is 14.9 Å². The molecule has 1 aliphatic rings. The highest BCUT2D eigenvalue weighted by Crippen LogP contribution is 2.21. The molecule has 0 saturated carbocycles. The third-order valence-corrected chi connectivity index (χ3v) is 2.35. The topological polar surface area (TPSA) is 52.9 Å². The van der Waals surface area contributed by atoms with Crippen molar-refractivity contribution in [3.05, 3.63) is 0 Å². The van der Waals surface area contributed by atoms with Gasteiger partial charge in [0.25, 0.3) is 0 Å². The van der Waals surface area contributed by atoms with Crippen molar-refractivity contribution in [3.8, 4) is 0 Å². The molecule has 7 heteroatoms. The van der Waals surface area contributed by atoms with Crippen molar-refractivity contribution in [2.75, 3.05) is 32.9 Å². The van der Waals surface area contributed by atoms with Gasteiger partial charge in [0.15, 0.2) is 6.10 Å². The second kappa shape index (κ2) is 5.11. The Morgan fingerprint density at radius 3 is 2.67 bits per heavy atom. The second-order valence-corrected chi connectivity index (χ2v) is 3.46. The van der Waals surface area contributed by atoms with Gasteiger partial charge < -0.3 is 14.9 Å². The number of aliphatic hydroxyl groups excluding tert-OH is 2. The summed E-state index contributed by atoms with van der Waals surface area (Å²) < 4.78 is 41.2. The van der Waals surface area contributed by atoms with Crippen LogP contribution in [0.2, 0.25) is 0 Å². The van der Waals surface area contributed by atoms with E-state index in [1.54, 1.807) is 0 Å². The highest BCUT2D eigenvalue weighted by molar-refractivity contribution is 4.79. The van der Waals surface area contributed by atoms with Gasteiger partial charge >= 0.3 is 6.18 Å². The summed E-state index contributed by atoms with van der Waals surface area (Å²) in [5.74, 6) is 0. The lowest BCUT2D eigenvalue weighted by atomic mass is 10.2. The lowest BCUT2D eigenvalue weighted by Crippen LogP contribution is -2.52. The van der Waals surface area contributed by atoms with E-state index in [-0.39, 0.29) is 13.2 Å². The number of halogens is 3. The summed E-state index contributed by atoms with van der Waals surface area (Å²) in [6.45, 7) is 0.0170. The molecule has 1 fully saturated rings. The van der Waals surface area contributed by atoms with E-state index < -0.39 is 24.9 Å². The molecule has 2 N–H and O–H groups in total. The molecular weight excluding hydrogens is 215 g/mol. The van der Waals surface area contributed by atoms with E-state index in [2.05, 4.69) is 0 Å². The maximum Gasteiger partial charge on any atom is 0.415 e. The summed E-state index contributed by atoms with van der Waals surface area (Å²) in [5, 5.41) is 17.8. The van der Waals surface area contributed by atoms with Gasteiger partial charge in [-0.1, -0.05) is 0 Å². The van der Waals surface area contributed by atoms with Crippen LogP contribution in [0.1, 0.15) is 0 Å². The molecule has 0 bridgehead atoms. The zero-order valence-electron chi connectivity index (χ0n) is 8.07. The van der Waals surface area contributed by atoms with Gasteiger partial charge in [0, 0.05) is 13.1 Å². The van der Waals surface area contributed by atoms with E-state index in [9.17, 15) is 13.2 Å². The molecule has 15 heavy (non-hydrogen) atoms. The maximum atomic E-state index is 12.1. The van der Waals surface area contributed by atoms with Crippen molar-refractivity contribution in [1.82, 2.24) is 4.90 Å². The molecule has 2 atom stereocenters. The molecule has 0 aromatic rings. The molecular formula is C8H14F3NO3. The van der Waals surface area contributed by atoms with Gasteiger partial charge in [-0.25, -0.2) is 0 Å². The normalized spacial score (nSPS) is 26.6. The van der Waals surface area contributed by atoms with Crippen LogP contribution in [-0.2, 0) is 4.74 Å². The average Bonchev–Trinajstić information content (AvgIpc) is 2.17. The maximum absolute atomic E-state index is 12.1. The van der Waals surface area contributed by atoms with Gasteiger partial charge in [0.2, 0.25) is 0 Å².